The Morgan fingerprint density at radius 3 is 2.48 bits per heavy atom. The van der Waals surface area contributed by atoms with Crippen LogP contribution in [0.4, 0.5) is 28.9 Å². The molecule has 0 atom stereocenters. The van der Waals surface area contributed by atoms with Crippen LogP contribution in [0, 0.1) is 23.3 Å². The number of carbonyl (C=O) groups is 2. The van der Waals surface area contributed by atoms with Gasteiger partial charge in [0.1, 0.15) is 22.8 Å². The summed E-state index contributed by atoms with van der Waals surface area (Å²) in [5.41, 5.74) is -2.52. The molecule has 0 saturated carbocycles. The van der Waals surface area contributed by atoms with Gasteiger partial charge in [0.05, 0.1) is 18.0 Å². The van der Waals surface area contributed by atoms with Gasteiger partial charge in [-0.15, -0.1) is 0 Å². The first-order valence-corrected chi connectivity index (χ1v) is 10.6. The lowest BCUT2D eigenvalue weighted by Crippen LogP contribution is -2.41. The van der Waals surface area contributed by atoms with Crippen molar-refractivity contribution < 1.29 is 40.3 Å². The van der Waals surface area contributed by atoms with Crippen LogP contribution in [0.2, 0.25) is 0 Å². The van der Waals surface area contributed by atoms with Crippen LogP contribution in [-0.4, -0.2) is 45.7 Å². The number of anilines is 2. The van der Waals surface area contributed by atoms with E-state index in [0.29, 0.717) is 0 Å². The summed E-state index contributed by atoms with van der Waals surface area (Å²) in [4.78, 5) is 23.9. The van der Waals surface area contributed by atoms with Crippen LogP contribution in [0.1, 0.15) is 17.3 Å². The van der Waals surface area contributed by atoms with E-state index < -0.39 is 80.0 Å². The number of nitrogens with zero attached hydrogens (tertiary/aromatic N) is 1. The van der Waals surface area contributed by atoms with Crippen molar-refractivity contribution in [3.63, 3.8) is 0 Å². The molecule has 1 N–H and O–H groups in total. The fourth-order valence-corrected chi connectivity index (χ4v) is 4.66. The number of hydrogen-bond donors (Lipinski definition) is 1. The van der Waals surface area contributed by atoms with Crippen LogP contribution in [0.5, 0.6) is 0 Å². The Kier molecular flexibility index (Phi) is 6.20. The number of fused-ring (bicyclic) bond motifs is 1. The number of ether oxygens (including phenoxy) is 1. The van der Waals surface area contributed by atoms with Crippen molar-refractivity contribution in [2.45, 2.75) is 11.8 Å². The Morgan fingerprint density at radius 1 is 1.13 bits per heavy atom. The van der Waals surface area contributed by atoms with Crippen molar-refractivity contribution in [3.05, 3.63) is 53.1 Å². The van der Waals surface area contributed by atoms with E-state index in [1.807, 2.05) is 5.32 Å². The van der Waals surface area contributed by atoms with Crippen molar-refractivity contribution >= 4 is 33.1 Å². The van der Waals surface area contributed by atoms with Gasteiger partial charge >= 0.3 is 5.97 Å². The molecule has 3 rings (SSSR count). The van der Waals surface area contributed by atoms with Gasteiger partial charge in [-0.25, -0.2) is 26.0 Å². The quantitative estimate of drug-likeness (QED) is 0.419. The van der Waals surface area contributed by atoms with Crippen LogP contribution in [0.15, 0.2) is 29.2 Å². The van der Waals surface area contributed by atoms with E-state index in [1.54, 1.807) is 0 Å². The number of sulfone groups is 1. The number of hydrogen-bond acceptors (Lipinski definition) is 6. The Labute approximate surface area is 174 Å². The Balaban J connectivity index is 2.13. The van der Waals surface area contributed by atoms with E-state index in [1.165, 1.54) is 19.1 Å². The summed E-state index contributed by atoms with van der Waals surface area (Å²) >= 11 is 0. The average molecular weight is 460 g/mol. The molecular formula is C19H16F4N2O5S. The molecule has 0 saturated heterocycles. The summed E-state index contributed by atoms with van der Waals surface area (Å²) in [5, 5.41) is 2.03. The summed E-state index contributed by atoms with van der Waals surface area (Å²) in [6.45, 7) is 0.431. The molecule has 0 aliphatic carbocycles. The smallest absolute Gasteiger partial charge is 0.325 e. The minimum Gasteiger partial charge on any atom is -0.465 e. The fourth-order valence-electron chi connectivity index (χ4n) is 3.12. The molecule has 7 nitrogen and oxygen atoms in total. The lowest BCUT2D eigenvalue weighted by atomic mass is 10.1. The highest BCUT2D eigenvalue weighted by Gasteiger charge is 2.40. The van der Waals surface area contributed by atoms with Crippen molar-refractivity contribution in [1.82, 2.24) is 0 Å². The van der Waals surface area contributed by atoms with E-state index in [9.17, 15) is 31.2 Å². The van der Waals surface area contributed by atoms with E-state index in [4.69, 9.17) is 4.74 Å². The number of amides is 1. The van der Waals surface area contributed by atoms with Crippen LogP contribution in [0.25, 0.3) is 0 Å². The van der Waals surface area contributed by atoms with Crippen molar-refractivity contribution in [2.75, 3.05) is 35.7 Å². The molecule has 1 aliphatic heterocycles. The van der Waals surface area contributed by atoms with Gasteiger partial charge in [-0.05, 0) is 25.1 Å². The second-order valence-corrected chi connectivity index (χ2v) is 8.55. The van der Waals surface area contributed by atoms with Crippen LogP contribution < -0.4 is 10.2 Å². The summed E-state index contributed by atoms with van der Waals surface area (Å²) in [6.07, 6.45) is 0. The van der Waals surface area contributed by atoms with Gasteiger partial charge in [0, 0.05) is 12.2 Å². The van der Waals surface area contributed by atoms with Gasteiger partial charge in [-0.1, -0.05) is 6.07 Å². The van der Waals surface area contributed by atoms with E-state index >= 15 is 4.39 Å². The number of nitrogens with one attached hydrogen (secondary N) is 1. The standard InChI is InChI=1S/C19H16F4N2O5S/c1-2-30-12(26)9-25-6-7-31(28,29)18-16(23)14(21)13(15(22)17(18)25)19(27)24-11-5-3-4-10(20)8-11/h3-5,8H,2,6-7,9H2,1H3,(H,24,27). The van der Waals surface area contributed by atoms with Gasteiger partial charge in [0.2, 0.25) is 0 Å². The molecule has 31 heavy (non-hydrogen) atoms. The SMILES string of the molecule is CCOC(=O)CN1CCS(=O)(=O)c2c(F)c(F)c(C(=O)Nc3cccc(F)c3)c(F)c21. The van der Waals surface area contributed by atoms with Crippen LogP contribution in [0.3, 0.4) is 0 Å². The Hall–Kier alpha value is -3.15. The van der Waals surface area contributed by atoms with Gasteiger partial charge in [-0.3, -0.25) is 9.59 Å². The maximum Gasteiger partial charge on any atom is 0.325 e. The molecule has 0 spiro atoms. The lowest BCUT2D eigenvalue weighted by molar-refractivity contribution is -0.141. The highest BCUT2D eigenvalue weighted by molar-refractivity contribution is 7.91. The highest BCUT2D eigenvalue weighted by atomic mass is 32.2. The van der Waals surface area contributed by atoms with E-state index in [-0.39, 0.29) is 12.3 Å². The number of esters is 1. The zero-order valence-electron chi connectivity index (χ0n) is 16.0. The van der Waals surface area contributed by atoms with Gasteiger partial charge in [0.15, 0.2) is 27.3 Å². The molecule has 0 radical (unpaired) electrons. The molecule has 0 unspecified atom stereocenters. The molecule has 0 fully saturated rings. The molecule has 1 aliphatic rings. The highest BCUT2D eigenvalue weighted by Crippen LogP contribution is 2.39. The Bertz CT molecular complexity index is 1170. The van der Waals surface area contributed by atoms with Crippen LogP contribution >= 0.6 is 0 Å². The topological polar surface area (TPSA) is 92.8 Å². The largest absolute Gasteiger partial charge is 0.465 e. The molecule has 2 aromatic carbocycles. The second kappa shape index (κ2) is 8.53. The van der Waals surface area contributed by atoms with Crippen molar-refractivity contribution in [3.8, 4) is 0 Å². The van der Waals surface area contributed by atoms with Gasteiger partial charge < -0.3 is 15.0 Å². The van der Waals surface area contributed by atoms with Crippen molar-refractivity contribution in [2.24, 2.45) is 0 Å². The number of halogens is 4. The second-order valence-electron chi connectivity index (χ2n) is 6.50. The first-order valence-electron chi connectivity index (χ1n) is 8.97. The minimum absolute atomic E-state index is 0.0145. The third-order valence-electron chi connectivity index (χ3n) is 4.45. The van der Waals surface area contributed by atoms with Crippen molar-refractivity contribution in [1.29, 1.82) is 0 Å². The molecule has 12 heteroatoms. The maximum absolute atomic E-state index is 15.3. The fraction of sp³-hybridized carbons (Fsp3) is 0.263. The summed E-state index contributed by atoms with van der Waals surface area (Å²) in [5.74, 6) is -9.42. The third-order valence-corrected chi connectivity index (χ3v) is 6.16. The van der Waals surface area contributed by atoms with Crippen LogP contribution in [-0.2, 0) is 19.4 Å². The summed E-state index contributed by atoms with van der Waals surface area (Å²) < 4.78 is 87.3. The lowest BCUT2D eigenvalue weighted by Gasteiger charge is -2.31. The normalized spacial score (nSPS) is 14.7. The number of carbonyl (C=O) groups excluding carboxylic acids is 2. The molecular weight excluding hydrogens is 444 g/mol. The molecule has 166 valence electrons. The first-order chi connectivity index (χ1) is 14.6. The third kappa shape index (κ3) is 4.33. The molecule has 0 aromatic heterocycles. The maximum atomic E-state index is 15.3. The zero-order chi connectivity index (χ0) is 22.9. The number of benzene rings is 2. The predicted molar refractivity (Wildman–Crippen MR) is 102 cm³/mol. The molecule has 1 heterocycles. The minimum atomic E-state index is -4.44. The van der Waals surface area contributed by atoms with Gasteiger partial charge in [0.25, 0.3) is 5.91 Å². The van der Waals surface area contributed by atoms with E-state index in [2.05, 4.69) is 0 Å². The van der Waals surface area contributed by atoms with E-state index in [0.717, 1.165) is 17.0 Å². The summed E-state index contributed by atoms with van der Waals surface area (Å²) in [7, 11) is -4.44. The predicted octanol–water partition coefficient (Wildman–Crippen LogP) is 2.65. The monoisotopic (exact) mass is 460 g/mol. The summed E-state index contributed by atoms with van der Waals surface area (Å²) in [6, 6.07) is 4.37. The zero-order valence-corrected chi connectivity index (χ0v) is 16.9. The average Bonchev–Trinajstić information content (AvgIpc) is 2.67. The molecule has 0 bridgehead atoms. The Morgan fingerprint density at radius 2 is 1.84 bits per heavy atom. The first kappa shape index (κ1) is 22.5. The molecule has 1 amide bonds. The molecule has 2 aromatic rings. The number of rotatable bonds is 5. The van der Waals surface area contributed by atoms with Gasteiger partial charge in [-0.2, -0.15) is 0 Å².